The van der Waals surface area contributed by atoms with Crippen molar-refractivity contribution >= 4 is 53.5 Å². The number of hydrogen-bond donors (Lipinski definition) is 0. The smallest absolute Gasteiger partial charge is 0.211 e. The molecule has 0 radical (unpaired) electrons. The highest BCUT2D eigenvalue weighted by molar-refractivity contribution is 8.32. The van der Waals surface area contributed by atoms with Crippen molar-refractivity contribution in [3.8, 4) is 0 Å². The van der Waals surface area contributed by atoms with Gasteiger partial charge in [-0.1, -0.05) is 0 Å². The SMILES string of the molecule is O=C=NCSC(SCN=C=O)SCN=C=O. The van der Waals surface area contributed by atoms with Gasteiger partial charge in [0.05, 0.1) is 17.6 Å². The number of hydrogen-bond acceptors (Lipinski definition) is 9. The molecular weight excluding hydrogens is 270 g/mol. The minimum Gasteiger partial charge on any atom is -0.211 e. The fraction of sp³-hybridized carbons (Fsp3) is 0.571. The van der Waals surface area contributed by atoms with Crippen molar-refractivity contribution in [2.45, 2.75) is 3.91 Å². The summed E-state index contributed by atoms with van der Waals surface area (Å²) >= 11 is 4.09. The molecule has 0 amide bonds. The van der Waals surface area contributed by atoms with E-state index in [1.54, 1.807) is 0 Å². The lowest BCUT2D eigenvalue weighted by Gasteiger charge is -2.10. The second kappa shape index (κ2) is 12.3. The fourth-order valence-corrected chi connectivity index (χ4v) is 3.51. The summed E-state index contributed by atoms with van der Waals surface area (Å²) in [5.74, 6) is 0.803. The molecule has 9 heteroatoms. The monoisotopic (exact) mass is 277 g/mol. The fourth-order valence-electron chi connectivity index (χ4n) is 0.518. The van der Waals surface area contributed by atoms with E-state index in [0.717, 1.165) is 0 Å². The summed E-state index contributed by atoms with van der Waals surface area (Å²) in [4.78, 5) is 39.7. The molecule has 0 aliphatic carbocycles. The second-order valence-corrected chi connectivity index (χ2v) is 6.01. The summed E-state index contributed by atoms with van der Waals surface area (Å²) in [6.45, 7) is 0. The lowest BCUT2D eigenvalue weighted by Crippen LogP contribution is -1.94. The molecule has 0 unspecified atom stereocenters. The highest BCUT2D eigenvalue weighted by Crippen LogP contribution is 2.33. The topological polar surface area (TPSA) is 88.3 Å². The third-order valence-corrected chi connectivity index (χ3v) is 5.12. The number of thioether (sulfide) groups is 3. The zero-order chi connectivity index (χ0) is 12.1. The lowest BCUT2D eigenvalue weighted by molar-refractivity contribution is 0.563. The second-order valence-electron chi connectivity index (χ2n) is 1.92. The Hall–Kier alpha value is -0.810. The zero-order valence-corrected chi connectivity index (χ0v) is 10.4. The van der Waals surface area contributed by atoms with Crippen LogP contribution in [0.15, 0.2) is 15.0 Å². The Balaban J connectivity index is 3.97. The van der Waals surface area contributed by atoms with Crippen molar-refractivity contribution in [3.05, 3.63) is 0 Å². The van der Waals surface area contributed by atoms with Crippen molar-refractivity contribution in [1.82, 2.24) is 0 Å². The summed E-state index contributed by atoms with van der Waals surface area (Å²) in [7, 11) is 0. The molecule has 16 heavy (non-hydrogen) atoms. The Bertz CT molecular complexity index is 281. The van der Waals surface area contributed by atoms with Crippen molar-refractivity contribution in [3.63, 3.8) is 0 Å². The highest BCUT2D eigenvalue weighted by atomic mass is 32.3. The molecule has 0 aliphatic rings. The number of carbonyl (C=O) groups excluding carboxylic acids is 3. The molecule has 0 aromatic rings. The Morgan fingerprint density at radius 1 is 0.750 bits per heavy atom. The lowest BCUT2D eigenvalue weighted by atomic mass is 11.4. The molecule has 0 saturated carbocycles. The maximum Gasteiger partial charge on any atom is 0.235 e. The van der Waals surface area contributed by atoms with E-state index in [0.29, 0.717) is 0 Å². The van der Waals surface area contributed by atoms with Crippen LogP contribution in [0.1, 0.15) is 0 Å². The molecule has 0 aliphatic heterocycles. The minimum absolute atomic E-state index is 0.0219. The first-order chi connectivity index (χ1) is 7.85. The first kappa shape index (κ1) is 15.2. The number of nitrogens with zero attached hydrogens (tertiary/aromatic N) is 3. The average molecular weight is 277 g/mol. The maximum atomic E-state index is 9.85. The van der Waals surface area contributed by atoms with Gasteiger partial charge in [0.25, 0.3) is 0 Å². The highest BCUT2D eigenvalue weighted by Gasteiger charge is 2.09. The summed E-state index contributed by atoms with van der Waals surface area (Å²) in [5.41, 5.74) is 0. The van der Waals surface area contributed by atoms with Crippen molar-refractivity contribution < 1.29 is 14.4 Å². The molecule has 86 valence electrons. The number of isocyanates is 3. The Kier molecular flexibility index (Phi) is 11.6. The molecule has 0 aromatic heterocycles. The molecule has 0 atom stereocenters. The van der Waals surface area contributed by atoms with Crippen molar-refractivity contribution in [2.24, 2.45) is 15.0 Å². The van der Waals surface area contributed by atoms with E-state index in [1.807, 2.05) is 0 Å². The predicted molar refractivity (Wildman–Crippen MR) is 65.5 cm³/mol. The summed E-state index contributed by atoms with van der Waals surface area (Å²) in [5, 5.41) is 0. The quantitative estimate of drug-likeness (QED) is 0.359. The standard InChI is InChI=1S/C7H7N3O3S3/c11-1-8-4-14-7(15-5-9-2-12)16-6-10-3-13/h7H,4-6H2. The van der Waals surface area contributed by atoms with Crippen LogP contribution in [-0.4, -0.2) is 39.8 Å². The molecule has 0 fully saturated rings. The van der Waals surface area contributed by atoms with Gasteiger partial charge in [0, 0.05) is 0 Å². The van der Waals surface area contributed by atoms with Crippen LogP contribution in [0, 0.1) is 0 Å². The third kappa shape index (κ3) is 9.73. The van der Waals surface area contributed by atoms with Crippen LogP contribution in [0.5, 0.6) is 0 Å². The van der Waals surface area contributed by atoms with E-state index < -0.39 is 0 Å². The van der Waals surface area contributed by atoms with E-state index in [4.69, 9.17) is 0 Å². The predicted octanol–water partition coefficient (Wildman–Crippen LogP) is 1.35. The summed E-state index contributed by atoms with van der Waals surface area (Å²) in [6.07, 6.45) is 4.27. The molecule has 6 nitrogen and oxygen atoms in total. The van der Waals surface area contributed by atoms with Gasteiger partial charge in [0.1, 0.15) is 3.91 Å². The van der Waals surface area contributed by atoms with Crippen LogP contribution in [-0.2, 0) is 14.4 Å². The molecule has 0 heterocycles. The first-order valence-electron chi connectivity index (χ1n) is 3.81. The number of rotatable bonds is 9. The maximum absolute atomic E-state index is 9.85. The van der Waals surface area contributed by atoms with Gasteiger partial charge in [0.2, 0.25) is 18.2 Å². The molecule has 0 bridgehead atoms. The summed E-state index contributed by atoms with van der Waals surface area (Å²) < 4.78 is -0.0219. The Labute approximate surface area is 104 Å². The van der Waals surface area contributed by atoms with E-state index in [1.165, 1.54) is 53.5 Å². The van der Waals surface area contributed by atoms with E-state index in [-0.39, 0.29) is 21.5 Å². The Morgan fingerprint density at radius 3 is 1.31 bits per heavy atom. The van der Waals surface area contributed by atoms with Gasteiger partial charge in [-0.15, -0.1) is 35.3 Å². The normalized spacial score (nSPS) is 10.5. The van der Waals surface area contributed by atoms with E-state index >= 15 is 0 Å². The zero-order valence-electron chi connectivity index (χ0n) is 7.99. The van der Waals surface area contributed by atoms with Crippen LogP contribution < -0.4 is 0 Å². The average Bonchev–Trinajstić information content (AvgIpc) is 2.29. The first-order valence-corrected chi connectivity index (χ1v) is 6.95. The van der Waals surface area contributed by atoms with Gasteiger partial charge in [-0.05, 0) is 0 Å². The van der Waals surface area contributed by atoms with Crippen LogP contribution in [0.2, 0.25) is 0 Å². The van der Waals surface area contributed by atoms with Gasteiger partial charge in [0.15, 0.2) is 0 Å². The van der Waals surface area contributed by atoms with Crippen LogP contribution in [0.4, 0.5) is 0 Å². The molecule has 0 aromatic carbocycles. The van der Waals surface area contributed by atoms with Gasteiger partial charge < -0.3 is 0 Å². The number of aliphatic imine (C=N–C) groups is 3. The molecule has 0 N–H and O–H groups in total. The minimum atomic E-state index is -0.0219. The van der Waals surface area contributed by atoms with E-state index in [9.17, 15) is 14.4 Å². The molecule has 0 rings (SSSR count). The molecule has 0 saturated heterocycles. The largest absolute Gasteiger partial charge is 0.235 e. The van der Waals surface area contributed by atoms with E-state index in [2.05, 4.69) is 15.0 Å². The Morgan fingerprint density at radius 2 is 1.06 bits per heavy atom. The van der Waals surface area contributed by atoms with Crippen LogP contribution >= 0.6 is 35.3 Å². The van der Waals surface area contributed by atoms with Crippen molar-refractivity contribution in [1.29, 1.82) is 0 Å². The molecule has 0 spiro atoms. The van der Waals surface area contributed by atoms with Gasteiger partial charge in [-0.3, -0.25) is 0 Å². The van der Waals surface area contributed by atoms with Crippen molar-refractivity contribution in [2.75, 3.05) is 17.6 Å². The van der Waals surface area contributed by atoms with Gasteiger partial charge in [-0.25, -0.2) is 14.4 Å². The van der Waals surface area contributed by atoms with Crippen LogP contribution in [0.25, 0.3) is 0 Å². The third-order valence-electron chi connectivity index (χ3n) is 1.02. The van der Waals surface area contributed by atoms with Gasteiger partial charge >= 0.3 is 0 Å². The van der Waals surface area contributed by atoms with Crippen LogP contribution in [0.3, 0.4) is 0 Å². The van der Waals surface area contributed by atoms with Gasteiger partial charge in [-0.2, -0.15) is 15.0 Å². The molecular formula is C7H7N3O3S3. The summed E-state index contributed by atoms with van der Waals surface area (Å²) in [6, 6.07) is 0.